The van der Waals surface area contributed by atoms with Gasteiger partial charge in [-0.15, -0.1) is 0 Å². The van der Waals surface area contributed by atoms with Crippen molar-refractivity contribution in [2.75, 3.05) is 5.73 Å². The average Bonchev–Trinajstić information content (AvgIpc) is 2.35. The molecule has 2 heteroatoms. The Hall–Kier alpha value is -2.09. The molecule has 0 spiro atoms. The highest BCUT2D eigenvalue weighted by molar-refractivity contribution is 6.13. The van der Waals surface area contributed by atoms with Crippen LogP contribution in [0, 0.1) is 20.8 Å². The monoisotopic (exact) mass is 239 g/mol. The second-order valence-electron chi connectivity index (χ2n) is 4.68. The van der Waals surface area contributed by atoms with Crippen molar-refractivity contribution in [2.24, 2.45) is 0 Å². The minimum absolute atomic E-state index is 0.00241. The maximum absolute atomic E-state index is 12.5. The molecule has 0 fully saturated rings. The highest BCUT2D eigenvalue weighted by atomic mass is 16.1. The predicted molar refractivity (Wildman–Crippen MR) is 74.9 cm³/mol. The van der Waals surface area contributed by atoms with Gasteiger partial charge in [-0.1, -0.05) is 29.8 Å². The van der Waals surface area contributed by atoms with Crippen LogP contribution in [0.15, 0.2) is 36.4 Å². The number of carbonyl (C=O) groups is 1. The molecule has 0 unspecified atom stereocenters. The van der Waals surface area contributed by atoms with E-state index >= 15 is 0 Å². The molecule has 0 heterocycles. The van der Waals surface area contributed by atoms with Gasteiger partial charge < -0.3 is 5.73 Å². The van der Waals surface area contributed by atoms with Gasteiger partial charge in [-0.25, -0.2) is 0 Å². The lowest BCUT2D eigenvalue weighted by Gasteiger charge is -2.10. The number of carbonyl (C=O) groups excluding carboxylic acids is 1. The van der Waals surface area contributed by atoms with Gasteiger partial charge in [0.15, 0.2) is 5.78 Å². The summed E-state index contributed by atoms with van der Waals surface area (Å²) in [5.74, 6) is -0.00241. The number of ketones is 1. The van der Waals surface area contributed by atoms with E-state index in [1.807, 2.05) is 51.1 Å². The van der Waals surface area contributed by atoms with Crippen molar-refractivity contribution in [1.82, 2.24) is 0 Å². The largest absolute Gasteiger partial charge is 0.398 e. The SMILES string of the molecule is Cc1ccc(C)c(C(=O)c2cccc(C)c2N)c1. The van der Waals surface area contributed by atoms with E-state index in [4.69, 9.17) is 5.73 Å². The average molecular weight is 239 g/mol. The van der Waals surface area contributed by atoms with Crippen LogP contribution in [0.1, 0.15) is 32.6 Å². The van der Waals surface area contributed by atoms with Crippen molar-refractivity contribution in [3.8, 4) is 0 Å². The summed E-state index contributed by atoms with van der Waals surface area (Å²) in [5, 5.41) is 0. The van der Waals surface area contributed by atoms with Crippen LogP contribution in [-0.4, -0.2) is 5.78 Å². The fourth-order valence-electron chi connectivity index (χ4n) is 2.00. The van der Waals surface area contributed by atoms with Gasteiger partial charge in [0.2, 0.25) is 0 Å². The summed E-state index contributed by atoms with van der Waals surface area (Å²) < 4.78 is 0. The Balaban J connectivity index is 2.55. The molecule has 2 aromatic rings. The third kappa shape index (κ3) is 2.14. The number of hydrogen-bond donors (Lipinski definition) is 1. The van der Waals surface area contributed by atoms with Gasteiger partial charge in [0.1, 0.15) is 0 Å². The zero-order valence-electron chi connectivity index (χ0n) is 10.9. The van der Waals surface area contributed by atoms with Crippen LogP contribution >= 0.6 is 0 Å². The zero-order chi connectivity index (χ0) is 13.3. The number of hydrogen-bond acceptors (Lipinski definition) is 2. The Morgan fingerprint density at radius 1 is 0.944 bits per heavy atom. The Labute approximate surface area is 107 Å². The Morgan fingerprint density at radius 3 is 2.39 bits per heavy atom. The molecule has 0 saturated heterocycles. The maximum Gasteiger partial charge on any atom is 0.195 e. The van der Waals surface area contributed by atoms with Crippen molar-refractivity contribution < 1.29 is 4.79 Å². The molecule has 2 nitrogen and oxygen atoms in total. The van der Waals surface area contributed by atoms with E-state index in [-0.39, 0.29) is 5.78 Å². The third-order valence-corrected chi connectivity index (χ3v) is 3.21. The molecule has 2 N–H and O–H groups in total. The number of nitrogens with two attached hydrogens (primary N) is 1. The number of aryl methyl sites for hydroxylation is 3. The first kappa shape index (κ1) is 12.4. The molecule has 18 heavy (non-hydrogen) atoms. The summed E-state index contributed by atoms with van der Waals surface area (Å²) in [6.45, 7) is 5.84. The molecule has 92 valence electrons. The lowest BCUT2D eigenvalue weighted by atomic mass is 9.95. The normalized spacial score (nSPS) is 10.4. The van der Waals surface area contributed by atoms with E-state index < -0.39 is 0 Å². The van der Waals surface area contributed by atoms with Gasteiger partial charge in [-0.2, -0.15) is 0 Å². The Bertz CT molecular complexity index is 610. The van der Waals surface area contributed by atoms with Crippen LogP contribution in [0.5, 0.6) is 0 Å². The maximum atomic E-state index is 12.5. The lowest BCUT2D eigenvalue weighted by Crippen LogP contribution is -2.08. The first-order valence-electron chi connectivity index (χ1n) is 5.97. The summed E-state index contributed by atoms with van der Waals surface area (Å²) in [7, 11) is 0. The van der Waals surface area contributed by atoms with Crippen LogP contribution < -0.4 is 5.73 Å². The predicted octanol–water partition coefficient (Wildman–Crippen LogP) is 3.43. The van der Waals surface area contributed by atoms with Crippen molar-refractivity contribution in [2.45, 2.75) is 20.8 Å². The Kier molecular flexibility index (Phi) is 3.19. The summed E-state index contributed by atoms with van der Waals surface area (Å²) >= 11 is 0. The second kappa shape index (κ2) is 4.65. The molecular formula is C16H17NO. The minimum atomic E-state index is -0.00241. The molecule has 0 radical (unpaired) electrons. The van der Waals surface area contributed by atoms with Gasteiger partial charge in [0.05, 0.1) is 0 Å². The molecule has 0 amide bonds. The smallest absolute Gasteiger partial charge is 0.195 e. The van der Waals surface area contributed by atoms with Crippen molar-refractivity contribution in [1.29, 1.82) is 0 Å². The molecule has 0 aliphatic heterocycles. The van der Waals surface area contributed by atoms with Gasteiger partial charge in [-0.05, 0) is 44.0 Å². The fraction of sp³-hybridized carbons (Fsp3) is 0.188. The summed E-state index contributed by atoms with van der Waals surface area (Å²) in [6.07, 6.45) is 0. The summed E-state index contributed by atoms with van der Waals surface area (Å²) in [4.78, 5) is 12.5. The number of nitrogen functional groups attached to an aromatic ring is 1. The fourth-order valence-corrected chi connectivity index (χ4v) is 2.00. The third-order valence-electron chi connectivity index (χ3n) is 3.21. The summed E-state index contributed by atoms with van der Waals surface area (Å²) in [6, 6.07) is 11.4. The lowest BCUT2D eigenvalue weighted by molar-refractivity contribution is 0.103. The molecule has 2 aromatic carbocycles. The number of rotatable bonds is 2. The minimum Gasteiger partial charge on any atom is -0.398 e. The van der Waals surface area contributed by atoms with Gasteiger partial charge in [0, 0.05) is 16.8 Å². The standard InChI is InChI=1S/C16H17NO/c1-10-7-8-11(2)14(9-10)16(18)13-6-4-5-12(3)15(13)17/h4-9H,17H2,1-3H3. The molecule has 0 aliphatic rings. The zero-order valence-corrected chi connectivity index (χ0v) is 10.9. The first-order chi connectivity index (χ1) is 8.50. The molecule has 0 aliphatic carbocycles. The molecule has 0 bridgehead atoms. The summed E-state index contributed by atoms with van der Waals surface area (Å²) in [5.41, 5.74) is 10.9. The van der Waals surface area contributed by atoms with E-state index in [2.05, 4.69) is 0 Å². The van der Waals surface area contributed by atoms with Gasteiger partial charge in [0.25, 0.3) is 0 Å². The van der Waals surface area contributed by atoms with E-state index in [1.54, 1.807) is 6.07 Å². The molecular weight excluding hydrogens is 222 g/mol. The number of para-hydroxylation sites is 1. The van der Waals surface area contributed by atoms with Crippen LogP contribution in [0.4, 0.5) is 5.69 Å². The van der Waals surface area contributed by atoms with E-state index in [9.17, 15) is 4.79 Å². The molecule has 2 rings (SSSR count). The van der Waals surface area contributed by atoms with Crippen LogP contribution in [-0.2, 0) is 0 Å². The topological polar surface area (TPSA) is 43.1 Å². The van der Waals surface area contributed by atoms with Gasteiger partial charge in [-0.3, -0.25) is 4.79 Å². The van der Waals surface area contributed by atoms with Crippen molar-refractivity contribution >= 4 is 11.5 Å². The highest BCUT2D eigenvalue weighted by Crippen LogP contribution is 2.22. The number of benzene rings is 2. The van der Waals surface area contributed by atoms with E-state index in [1.165, 1.54) is 0 Å². The first-order valence-corrected chi connectivity index (χ1v) is 5.97. The molecule has 0 saturated carbocycles. The number of anilines is 1. The van der Waals surface area contributed by atoms with Crippen LogP contribution in [0.2, 0.25) is 0 Å². The van der Waals surface area contributed by atoms with Crippen LogP contribution in [0.3, 0.4) is 0 Å². The van der Waals surface area contributed by atoms with E-state index in [0.29, 0.717) is 11.3 Å². The highest BCUT2D eigenvalue weighted by Gasteiger charge is 2.15. The molecule has 0 aromatic heterocycles. The Morgan fingerprint density at radius 2 is 1.67 bits per heavy atom. The van der Waals surface area contributed by atoms with Crippen molar-refractivity contribution in [3.05, 3.63) is 64.2 Å². The van der Waals surface area contributed by atoms with Crippen molar-refractivity contribution in [3.63, 3.8) is 0 Å². The molecule has 0 atom stereocenters. The van der Waals surface area contributed by atoms with Gasteiger partial charge >= 0.3 is 0 Å². The quantitative estimate of drug-likeness (QED) is 0.644. The van der Waals surface area contributed by atoms with Crippen LogP contribution in [0.25, 0.3) is 0 Å². The second-order valence-corrected chi connectivity index (χ2v) is 4.68. The van der Waals surface area contributed by atoms with E-state index in [0.717, 1.165) is 22.3 Å².